The number of ether oxygens (including phenoxy) is 4. The summed E-state index contributed by atoms with van der Waals surface area (Å²) in [5, 5.41) is 2.21. The van der Waals surface area contributed by atoms with Crippen molar-refractivity contribution in [3.8, 4) is 23.0 Å². The number of fused-ring (bicyclic) bond motifs is 3. The van der Waals surface area contributed by atoms with E-state index in [4.69, 9.17) is 24.7 Å². The van der Waals surface area contributed by atoms with E-state index in [1.54, 1.807) is 21.3 Å². The maximum Gasteiger partial charge on any atom is 0.203 e. The molecule has 140 valence electrons. The van der Waals surface area contributed by atoms with Crippen LogP contribution in [0.2, 0.25) is 0 Å². The summed E-state index contributed by atoms with van der Waals surface area (Å²) in [6.07, 6.45) is 0.469. The van der Waals surface area contributed by atoms with Crippen LogP contribution in [-0.2, 0) is 0 Å². The molecule has 27 heavy (non-hydrogen) atoms. The van der Waals surface area contributed by atoms with Crippen molar-refractivity contribution in [3.63, 3.8) is 0 Å². The molecule has 0 saturated heterocycles. The van der Waals surface area contributed by atoms with Gasteiger partial charge in [0.2, 0.25) is 5.75 Å². The number of benzene rings is 3. The molecule has 3 aromatic rings. The van der Waals surface area contributed by atoms with E-state index in [1.165, 1.54) is 0 Å². The Morgan fingerprint density at radius 1 is 0.926 bits per heavy atom. The van der Waals surface area contributed by atoms with Crippen molar-refractivity contribution in [1.29, 1.82) is 0 Å². The van der Waals surface area contributed by atoms with Gasteiger partial charge in [-0.15, -0.1) is 0 Å². The first-order chi connectivity index (χ1) is 13.2. The molecule has 5 nitrogen and oxygen atoms in total. The highest BCUT2D eigenvalue weighted by molar-refractivity contribution is 5.90. The lowest BCUT2D eigenvalue weighted by molar-refractivity contribution is 0.163. The van der Waals surface area contributed by atoms with Crippen molar-refractivity contribution in [2.75, 3.05) is 21.3 Å². The summed E-state index contributed by atoms with van der Waals surface area (Å²) in [5.41, 5.74) is 8.48. The zero-order valence-corrected chi connectivity index (χ0v) is 15.7. The quantitative estimate of drug-likeness (QED) is 0.743. The zero-order valence-electron chi connectivity index (χ0n) is 15.7. The average molecular weight is 365 g/mol. The molecule has 0 radical (unpaired) electrons. The van der Waals surface area contributed by atoms with Gasteiger partial charge in [-0.2, -0.15) is 0 Å². The highest BCUT2D eigenvalue weighted by Crippen LogP contribution is 2.46. The van der Waals surface area contributed by atoms with Crippen LogP contribution >= 0.6 is 0 Å². The smallest absolute Gasteiger partial charge is 0.203 e. The monoisotopic (exact) mass is 365 g/mol. The van der Waals surface area contributed by atoms with Gasteiger partial charge in [-0.25, -0.2) is 0 Å². The van der Waals surface area contributed by atoms with Crippen LogP contribution in [0, 0.1) is 0 Å². The first-order valence-corrected chi connectivity index (χ1v) is 8.90. The summed E-state index contributed by atoms with van der Waals surface area (Å²) in [6, 6.07) is 16.1. The fourth-order valence-corrected chi connectivity index (χ4v) is 3.72. The Labute approximate surface area is 158 Å². The molecule has 0 bridgehead atoms. The molecular weight excluding hydrogens is 342 g/mol. The van der Waals surface area contributed by atoms with E-state index in [0.717, 1.165) is 27.6 Å². The third-order valence-electron chi connectivity index (χ3n) is 5.10. The van der Waals surface area contributed by atoms with E-state index in [0.29, 0.717) is 23.7 Å². The first-order valence-electron chi connectivity index (χ1n) is 8.90. The Morgan fingerprint density at radius 3 is 2.30 bits per heavy atom. The minimum absolute atomic E-state index is 0.109. The Hall–Kier alpha value is -2.92. The van der Waals surface area contributed by atoms with E-state index in [2.05, 4.69) is 24.3 Å². The average Bonchev–Trinajstić information content (AvgIpc) is 2.72. The van der Waals surface area contributed by atoms with Gasteiger partial charge >= 0.3 is 0 Å². The molecule has 1 unspecified atom stereocenters. The summed E-state index contributed by atoms with van der Waals surface area (Å²) < 4.78 is 22.8. The van der Waals surface area contributed by atoms with Crippen molar-refractivity contribution >= 4 is 10.8 Å². The molecule has 1 aliphatic rings. The van der Waals surface area contributed by atoms with Crippen LogP contribution in [0.3, 0.4) is 0 Å². The Balaban J connectivity index is 1.80. The lowest BCUT2D eigenvalue weighted by Gasteiger charge is -2.32. The lowest BCUT2D eigenvalue weighted by atomic mass is 9.91. The van der Waals surface area contributed by atoms with Crippen LogP contribution in [0.1, 0.15) is 29.7 Å². The molecule has 4 rings (SSSR count). The van der Waals surface area contributed by atoms with E-state index in [-0.39, 0.29) is 12.1 Å². The number of nitrogens with two attached hydrogens (primary N) is 1. The van der Waals surface area contributed by atoms with Crippen LogP contribution in [0.4, 0.5) is 0 Å². The zero-order chi connectivity index (χ0) is 19.0. The van der Waals surface area contributed by atoms with Gasteiger partial charge in [-0.3, -0.25) is 0 Å². The maximum atomic E-state index is 6.50. The number of hydrogen-bond acceptors (Lipinski definition) is 5. The molecule has 2 N–H and O–H groups in total. The highest BCUT2D eigenvalue weighted by Gasteiger charge is 2.30. The van der Waals surface area contributed by atoms with Crippen LogP contribution in [0.15, 0.2) is 48.5 Å². The molecule has 0 spiro atoms. The van der Waals surface area contributed by atoms with Crippen LogP contribution in [0.5, 0.6) is 23.0 Å². The topological polar surface area (TPSA) is 62.9 Å². The van der Waals surface area contributed by atoms with Gasteiger partial charge in [0.1, 0.15) is 11.9 Å². The van der Waals surface area contributed by atoms with E-state index in [9.17, 15) is 0 Å². The standard InChI is InChI=1S/C22H23NO4/c1-24-19-10-14(11-20(25-2)22(19)26-3)18-12-17(23)16-9-8-13-6-4-5-7-15(13)21(16)27-18/h4-11,17-18H,12,23H2,1-3H3/t17?,18-/m0/s1. The lowest BCUT2D eigenvalue weighted by Crippen LogP contribution is -2.24. The van der Waals surface area contributed by atoms with E-state index in [1.807, 2.05) is 24.3 Å². The SMILES string of the molecule is COc1cc([C@@H]2CC(N)c3ccc4ccccc4c3O2)cc(OC)c1OC. The first kappa shape index (κ1) is 17.5. The van der Waals surface area contributed by atoms with Crippen LogP contribution in [-0.4, -0.2) is 21.3 Å². The minimum Gasteiger partial charge on any atom is -0.493 e. The van der Waals surface area contributed by atoms with Crippen molar-refractivity contribution in [2.24, 2.45) is 5.73 Å². The number of methoxy groups -OCH3 is 3. The van der Waals surface area contributed by atoms with E-state index >= 15 is 0 Å². The molecule has 1 aliphatic heterocycles. The molecule has 0 fully saturated rings. The summed E-state index contributed by atoms with van der Waals surface area (Å²) in [4.78, 5) is 0. The summed E-state index contributed by atoms with van der Waals surface area (Å²) in [6.45, 7) is 0. The minimum atomic E-state index is -0.202. The summed E-state index contributed by atoms with van der Waals surface area (Å²) in [7, 11) is 4.81. The van der Waals surface area contributed by atoms with E-state index < -0.39 is 0 Å². The molecule has 5 heteroatoms. The second-order valence-corrected chi connectivity index (χ2v) is 6.61. The molecule has 0 saturated carbocycles. The number of rotatable bonds is 4. The molecule has 0 amide bonds. The molecular formula is C22H23NO4. The van der Waals surface area contributed by atoms with Crippen LogP contribution < -0.4 is 24.7 Å². The third kappa shape index (κ3) is 2.94. The van der Waals surface area contributed by atoms with Crippen LogP contribution in [0.25, 0.3) is 10.8 Å². The molecule has 2 atom stereocenters. The van der Waals surface area contributed by atoms with Crippen molar-refractivity contribution in [2.45, 2.75) is 18.6 Å². The largest absolute Gasteiger partial charge is 0.493 e. The highest BCUT2D eigenvalue weighted by atomic mass is 16.5. The predicted molar refractivity (Wildman–Crippen MR) is 105 cm³/mol. The number of hydrogen-bond donors (Lipinski definition) is 1. The summed E-state index contributed by atoms with van der Waals surface area (Å²) in [5.74, 6) is 2.63. The second-order valence-electron chi connectivity index (χ2n) is 6.61. The Bertz CT molecular complexity index is 960. The third-order valence-corrected chi connectivity index (χ3v) is 5.10. The normalized spacial score (nSPS) is 18.5. The molecule has 0 aliphatic carbocycles. The predicted octanol–water partition coefficient (Wildman–Crippen LogP) is 4.39. The van der Waals surface area contributed by atoms with Crippen molar-refractivity contribution < 1.29 is 18.9 Å². The van der Waals surface area contributed by atoms with Gasteiger partial charge in [-0.05, 0) is 17.5 Å². The van der Waals surface area contributed by atoms with Crippen molar-refractivity contribution in [3.05, 3.63) is 59.7 Å². The molecule has 3 aromatic carbocycles. The Morgan fingerprint density at radius 2 is 1.63 bits per heavy atom. The van der Waals surface area contributed by atoms with Gasteiger partial charge < -0.3 is 24.7 Å². The van der Waals surface area contributed by atoms with Gasteiger partial charge in [0.05, 0.1) is 21.3 Å². The maximum absolute atomic E-state index is 6.50. The van der Waals surface area contributed by atoms with Gasteiger partial charge in [0, 0.05) is 29.0 Å². The molecule has 1 heterocycles. The second kappa shape index (κ2) is 7.00. The van der Waals surface area contributed by atoms with Gasteiger partial charge in [-0.1, -0.05) is 36.4 Å². The Kier molecular flexibility index (Phi) is 4.54. The fourth-order valence-electron chi connectivity index (χ4n) is 3.72. The van der Waals surface area contributed by atoms with Crippen molar-refractivity contribution in [1.82, 2.24) is 0 Å². The summed E-state index contributed by atoms with van der Waals surface area (Å²) >= 11 is 0. The van der Waals surface area contributed by atoms with Gasteiger partial charge in [0.25, 0.3) is 0 Å². The molecule has 0 aromatic heterocycles. The fraction of sp³-hybridized carbons (Fsp3) is 0.273. The van der Waals surface area contributed by atoms with Gasteiger partial charge in [0.15, 0.2) is 11.5 Å².